The Morgan fingerprint density at radius 2 is 2.22 bits per heavy atom. The molecule has 0 atom stereocenters. The molecule has 5 heteroatoms. The van der Waals surface area contributed by atoms with Gasteiger partial charge in [-0.05, 0) is 38.5 Å². The number of aliphatic hydroxyl groups excluding tert-OH is 1. The van der Waals surface area contributed by atoms with Crippen LogP contribution in [-0.4, -0.2) is 28.9 Å². The highest BCUT2D eigenvalue weighted by atomic mass is 32.2. The summed E-state index contributed by atoms with van der Waals surface area (Å²) in [7, 11) is 0. The van der Waals surface area contributed by atoms with Gasteiger partial charge in [0.15, 0.2) is 0 Å². The minimum Gasteiger partial charge on any atom is -0.399 e. The third-order valence-corrected chi connectivity index (χ3v) is 4.20. The highest BCUT2D eigenvalue weighted by molar-refractivity contribution is 8.00. The van der Waals surface area contributed by atoms with Crippen LogP contribution < -0.4 is 10.6 Å². The largest absolute Gasteiger partial charge is 0.399 e. The molecule has 0 aliphatic carbocycles. The molecule has 3 N–H and O–H groups in total. The first-order chi connectivity index (χ1) is 8.45. The van der Waals surface area contributed by atoms with E-state index in [9.17, 15) is 4.79 Å². The number of hydrogen-bond donors (Lipinski definition) is 2. The minimum atomic E-state index is -0.407. The Balaban J connectivity index is 2.47. The standard InChI is InChI=1S/C13H18N2O2S/c1-13(2,5-6-16)15-10-7-9(14)3-4-11(10)18-8-12(15)17/h3-4,7,16H,5-6,8,14H2,1-2H3. The molecule has 1 aromatic carbocycles. The van der Waals surface area contributed by atoms with E-state index in [1.165, 1.54) is 11.8 Å². The van der Waals surface area contributed by atoms with Crippen molar-refractivity contribution in [1.82, 2.24) is 0 Å². The predicted molar refractivity (Wildman–Crippen MR) is 74.8 cm³/mol. The van der Waals surface area contributed by atoms with Crippen LogP contribution >= 0.6 is 11.8 Å². The van der Waals surface area contributed by atoms with Gasteiger partial charge in [-0.1, -0.05) is 0 Å². The van der Waals surface area contributed by atoms with Crippen molar-refractivity contribution in [2.24, 2.45) is 0 Å². The third kappa shape index (κ3) is 2.33. The van der Waals surface area contributed by atoms with Crippen molar-refractivity contribution < 1.29 is 9.90 Å². The molecule has 1 heterocycles. The molecule has 0 bridgehead atoms. The van der Waals surface area contributed by atoms with E-state index in [4.69, 9.17) is 10.8 Å². The van der Waals surface area contributed by atoms with Gasteiger partial charge < -0.3 is 15.7 Å². The number of nitrogens with two attached hydrogens (primary N) is 1. The lowest BCUT2D eigenvalue weighted by Gasteiger charge is -2.41. The molecule has 0 unspecified atom stereocenters. The Morgan fingerprint density at radius 1 is 1.50 bits per heavy atom. The van der Waals surface area contributed by atoms with Crippen molar-refractivity contribution in [2.75, 3.05) is 23.0 Å². The van der Waals surface area contributed by atoms with Gasteiger partial charge in [0, 0.05) is 22.7 Å². The summed E-state index contributed by atoms with van der Waals surface area (Å²) in [6.07, 6.45) is 0.539. The SMILES string of the molecule is CC(C)(CCO)N1C(=O)CSc2ccc(N)cc21. The van der Waals surface area contributed by atoms with Gasteiger partial charge in [0.1, 0.15) is 0 Å². The molecule has 0 radical (unpaired) electrons. The van der Waals surface area contributed by atoms with Gasteiger partial charge >= 0.3 is 0 Å². The number of nitrogens with zero attached hydrogens (tertiary/aromatic N) is 1. The summed E-state index contributed by atoms with van der Waals surface area (Å²) in [6, 6.07) is 5.63. The normalized spacial score (nSPS) is 15.7. The first kappa shape index (κ1) is 13.2. The van der Waals surface area contributed by atoms with Gasteiger partial charge in [0.2, 0.25) is 5.91 Å². The Hall–Kier alpha value is -1.20. The number of anilines is 2. The number of nitrogen functional groups attached to an aromatic ring is 1. The molecule has 0 aromatic heterocycles. The van der Waals surface area contributed by atoms with Gasteiger partial charge in [-0.15, -0.1) is 11.8 Å². The first-order valence-corrected chi connectivity index (χ1v) is 6.90. The monoisotopic (exact) mass is 266 g/mol. The van der Waals surface area contributed by atoms with Crippen LogP contribution in [0.15, 0.2) is 23.1 Å². The van der Waals surface area contributed by atoms with Crippen LogP contribution in [0.1, 0.15) is 20.3 Å². The van der Waals surface area contributed by atoms with Crippen LogP contribution in [0.25, 0.3) is 0 Å². The number of rotatable bonds is 3. The van der Waals surface area contributed by atoms with Crippen molar-refractivity contribution in [3.05, 3.63) is 18.2 Å². The van der Waals surface area contributed by atoms with Gasteiger partial charge in [0.25, 0.3) is 0 Å². The number of amides is 1. The lowest BCUT2D eigenvalue weighted by atomic mass is 9.97. The van der Waals surface area contributed by atoms with Crippen LogP contribution in [0.4, 0.5) is 11.4 Å². The number of carbonyl (C=O) groups excluding carboxylic acids is 1. The van der Waals surface area contributed by atoms with E-state index in [2.05, 4.69) is 0 Å². The number of fused-ring (bicyclic) bond motifs is 1. The predicted octanol–water partition coefficient (Wildman–Crippen LogP) is 1.87. The van der Waals surface area contributed by atoms with Crippen molar-refractivity contribution in [2.45, 2.75) is 30.7 Å². The molecule has 18 heavy (non-hydrogen) atoms. The van der Waals surface area contributed by atoms with E-state index in [1.807, 2.05) is 32.0 Å². The fourth-order valence-corrected chi connectivity index (χ4v) is 3.09. The van der Waals surface area contributed by atoms with Crippen LogP contribution in [0.5, 0.6) is 0 Å². The Bertz CT molecular complexity index is 474. The maximum absolute atomic E-state index is 12.2. The van der Waals surface area contributed by atoms with Crippen molar-refractivity contribution in [3.8, 4) is 0 Å². The van der Waals surface area contributed by atoms with Crippen molar-refractivity contribution in [3.63, 3.8) is 0 Å². The summed E-state index contributed by atoms with van der Waals surface area (Å²) >= 11 is 1.53. The highest BCUT2D eigenvalue weighted by Gasteiger charge is 2.35. The van der Waals surface area contributed by atoms with E-state index >= 15 is 0 Å². The molecule has 1 amide bonds. The smallest absolute Gasteiger partial charge is 0.237 e. The van der Waals surface area contributed by atoms with E-state index in [-0.39, 0.29) is 12.5 Å². The Morgan fingerprint density at radius 3 is 2.89 bits per heavy atom. The number of aliphatic hydroxyl groups is 1. The highest BCUT2D eigenvalue weighted by Crippen LogP contribution is 2.40. The molecule has 2 rings (SSSR count). The second-order valence-electron chi connectivity index (χ2n) is 5.03. The molecule has 0 saturated carbocycles. The zero-order valence-corrected chi connectivity index (χ0v) is 11.5. The minimum absolute atomic E-state index is 0.0571. The fourth-order valence-electron chi connectivity index (χ4n) is 2.22. The summed E-state index contributed by atoms with van der Waals surface area (Å²) in [5.41, 5.74) is 6.91. The van der Waals surface area contributed by atoms with Gasteiger partial charge in [-0.2, -0.15) is 0 Å². The zero-order chi connectivity index (χ0) is 13.3. The summed E-state index contributed by atoms with van der Waals surface area (Å²) in [4.78, 5) is 15.0. The lowest BCUT2D eigenvalue weighted by Crippen LogP contribution is -2.51. The molecule has 1 aliphatic heterocycles. The molecular weight excluding hydrogens is 248 g/mol. The van der Waals surface area contributed by atoms with Crippen LogP contribution in [0, 0.1) is 0 Å². The van der Waals surface area contributed by atoms with Crippen LogP contribution in [0.2, 0.25) is 0 Å². The van der Waals surface area contributed by atoms with Crippen LogP contribution in [0.3, 0.4) is 0 Å². The molecule has 0 spiro atoms. The van der Waals surface area contributed by atoms with Gasteiger partial charge in [0.05, 0.1) is 11.4 Å². The molecule has 0 fully saturated rings. The topological polar surface area (TPSA) is 66.6 Å². The molecular formula is C13H18N2O2S. The van der Waals surface area contributed by atoms with Gasteiger partial charge in [-0.25, -0.2) is 0 Å². The zero-order valence-electron chi connectivity index (χ0n) is 10.6. The van der Waals surface area contributed by atoms with Crippen molar-refractivity contribution >= 4 is 29.0 Å². The molecule has 98 valence electrons. The maximum atomic E-state index is 12.2. The van der Waals surface area contributed by atoms with Crippen LogP contribution in [-0.2, 0) is 4.79 Å². The number of carbonyl (C=O) groups is 1. The third-order valence-electron chi connectivity index (χ3n) is 3.15. The summed E-state index contributed by atoms with van der Waals surface area (Å²) in [5.74, 6) is 0.503. The summed E-state index contributed by atoms with van der Waals surface area (Å²) < 4.78 is 0. The Kier molecular flexibility index (Phi) is 3.54. The molecule has 1 aliphatic rings. The number of hydrogen-bond acceptors (Lipinski definition) is 4. The van der Waals surface area contributed by atoms with E-state index < -0.39 is 5.54 Å². The first-order valence-electron chi connectivity index (χ1n) is 5.92. The average molecular weight is 266 g/mol. The lowest BCUT2D eigenvalue weighted by molar-refractivity contribution is -0.117. The molecule has 1 aromatic rings. The molecule has 0 saturated heterocycles. The second kappa shape index (κ2) is 4.82. The van der Waals surface area contributed by atoms with Gasteiger partial charge in [-0.3, -0.25) is 4.79 Å². The fraction of sp³-hybridized carbons (Fsp3) is 0.462. The summed E-state index contributed by atoms with van der Waals surface area (Å²) in [5, 5.41) is 9.15. The van der Waals surface area contributed by atoms with E-state index in [0.717, 1.165) is 10.6 Å². The maximum Gasteiger partial charge on any atom is 0.237 e. The number of thioether (sulfide) groups is 1. The molecule has 4 nitrogen and oxygen atoms in total. The summed E-state index contributed by atoms with van der Waals surface area (Å²) in [6.45, 7) is 3.98. The quantitative estimate of drug-likeness (QED) is 0.820. The average Bonchev–Trinajstić information content (AvgIpc) is 2.27. The Labute approximate surface area is 111 Å². The second-order valence-corrected chi connectivity index (χ2v) is 6.05. The van der Waals surface area contributed by atoms with Crippen molar-refractivity contribution in [1.29, 1.82) is 0 Å². The van der Waals surface area contributed by atoms with E-state index in [0.29, 0.717) is 17.9 Å². The number of benzene rings is 1. The van der Waals surface area contributed by atoms with E-state index in [1.54, 1.807) is 4.90 Å².